The van der Waals surface area contributed by atoms with Crippen LogP contribution in [0.4, 0.5) is 0 Å². The lowest BCUT2D eigenvalue weighted by Gasteiger charge is -2.11. The molecule has 2 amide bonds. The number of nitrogens with zero attached hydrogens (tertiary/aromatic N) is 1. The molecular weight excluding hydrogens is 444 g/mol. The number of aromatic amines is 1. The largest absolute Gasteiger partial charge is 0.493 e. The number of hydrogen-bond acceptors (Lipinski definition) is 5. The van der Waals surface area contributed by atoms with Gasteiger partial charge in [0.1, 0.15) is 0 Å². The summed E-state index contributed by atoms with van der Waals surface area (Å²) < 4.78 is 13.4. The van der Waals surface area contributed by atoms with Gasteiger partial charge in [-0.3, -0.25) is 14.9 Å². The van der Waals surface area contributed by atoms with Gasteiger partial charge in [-0.2, -0.15) is 0 Å². The van der Waals surface area contributed by atoms with Gasteiger partial charge in [-0.25, -0.2) is 0 Å². The third-order valence-corrected chi connectivity index (χ3v) is 6.45. The van der Waals surface area contributed by atoms with Crippen LogP contribution < -0.4 is 20.1 Å². The number of imide groups is 1. The Kier molecular flexibility index (Phi) is 6.05. The molecule has 35 heavy (non-hydrogen) atoms. The fourth-order valence-electron chi connectivity index (χ4n) is 4.88. The van der Waals surface area contributed by atoms with Gasteiger partial charge >= 0.3 is 0 Å². The van der Waals surface area contributed by atoms with E-state index >= 15 is 0 Å². The molecule has 0 atom stereocenters. The van der Waals surface area contributed by atoms with E-state index in [0.717, 1.165) is 47.9 Å². The number of benzene rings is 2. The van der Waals surface area contributed by atoms with Gasteiger partial charge in [0.05, 0.1) is 36.3 Å². The number of rotatable bonds is 9. The standard InChI is InChI=1S/C27H28N4O4/c1-4-28-12-7-13-31-15-18(22-20(31)10-11-21(34-2)25(22)35-3)24-23(26(32)30-27(24)33)17-14-29-19-9-6-5-8-16(17)19/h5-6,8-11,14-15,28-29H,4,7,12-13H2,1-3H3,(H,30,32,33). The first kappa shape index (κ1) is 22.7. The van der Waals surface area contributed by atoms with E-state index < -0.39 is 11.8 Å². The summed E-state index contributed by atoms with van der Waals surface area (Å²) in [7, 11) is 3.16. The minimum atomic E-state index is -0.424. The lowest BCUT2D eigenvalue weighted by Crippen LogP contribution is -2.22. The summed E-state index contributed by atoms with van der Waals surface area (Å²) in [5.41, 5.74) is 3.82. The molecule has 3 heterocycles. The molecule has 1 aliphatic heterocycles. The average molecular weight is 473 g/mol. The van der Waals surface area contributed by atoms with Gasteiger partial charge in [-0.15, -0.1) is 0 Å². The maximum Gasteiger partial charge on any atom is 0.259 e. The van der Waals surface area contributed by atoms with Gasteiger partial charge in [0.2, 0.25) is 0 Å². The van der Waals surface area contributed by atoms with E-state index in [0.29, 0.717) is 33.8 Å². The Balaban J connectivity index is 1.78. The Morgan fingerprint density at radius 2 is 1.74 bits per heavy atom. The zero-order valence-corrected chi connectivity index (χ0v) is 20.0. The lowest BCUT2D eigenvalue weighted by molar-refractivity contribution is -0.122. The van der Waals surface area contributed by atoms with Crippen molar-refractivity contribution in [3.05, 3.63) is 59.9 Å². The van der Waals surface area contributed by atoms with Crippen molar-refractivity contribution in [3.63, 3.8) is 0 Å². The van der Waals surface area contributed by atoms with Crippen LogP contribution in [0, 0.1) is 0 Å². The van der Waals surface area contributed by atoms with E-state index in [2.05, 4.69) is 27.1 Å². The molecule has 0 fully saturated rings. The van der Waals surface area contributed by atoms with Crippen molar-refractivity contribution in [2.24, 2.45) is 0 Å². The minimum absolute atomic E-state index is 0.335. The predicted molar refractivity (Wildman–Crippen MR) is 136 cm³/mol. The molecule has 0 spiro atoms. The third-order valence-electron chi connectivity index (χ3n) is 6.45. The number of nitrogens with one attached hydrogen (secondary N) is 3. The second-order valence-corrected chi connectivity index (χ2v) is 8.42. The van der Waals surface area contributed by atoms with E-state index in [4.69, 9.17) is 9.47 Å². The van der Waals surface area contributed by atoms with Gasteiger partial charge < -0.3 is 24.3 Å². The molecule has 0 saturated carbocycles. The van der Waals surface area contributed by atoms with Crippen LogP contribution in [0.25, 0.3) is 33.0 Å². The van der Waals surface area contributed by atoms with Crippen molar-refractivity contribution in [1.29, 1.82) is 0 Å². The molecule has 180 valence electrons. The topological polar surface area (TPSA) is 97.4 Å². The number of aryl methyl sites for hydroxylation is 1. The molecule has 0 bridgehead atoms. The van der Waals surface area contributed by atoms with E-state index in [1.807, 2.05) is 42.6 Å². The van der Waals surface area contributed by atoms with Crippen molar-refractivity contribution in [1.82, 2.24) is 20.2 Å². The van der Waals surface area contributed by atoms with Crippen LogP contribution in [0.3, 0.4) is 0 Å². The van der Waals surface area contributed by atoms with Crippen molar-refractivity contribution in [2.75, 3.05) is 27.3 Å². The normalized spacial score (nSPS) is 13.8. The second-order valence-electron chi connectivity index (χ2n) is 8.42. The fourth-order valence-corrected chi connectivity index (χ4v) is 4.88. The third kappa shape index (κ3) is 3.76. The van der Waals surface area contributed by atoms with Gasteiger partial charge in [0.15, 0.2) is 11.5 Å². The highest BCUT2D eigenvalue weighted by molar-refractivity contribution is 6.51. The van der Waals surface area contributed by atoms with Gasteiger partial charge in [0.25, 0.3) is 11.8 Å². The molecule has 2 aromatic heterocycles. The number of methoxy groups -OCH3 is 2. The predicted octanol–water partition coefficient (Wildman–Crippen LogP) is 3.71. The van der Waals surface area contributed by atoms with E-state index in [1.54, 1.807) is 20.4 Å². The number of ether oxygens (including phenoxy) is 2. The highest BCUT2D eigenvalue weighted by Gasteiger charge is 2.36. The molecule has 1 aliphatic rings. The summed E-state index contributed by atoms with van der Waals surface area (Å²) in [6.45, 7) is 4.60. The van der Waals surface area contributed by atoms with Crippen molar-refractivity contribution >= 4 is 44.8 Å². The van der Waals surface area contributed by atoms with Gasteiger partial charge in [-0.05, 0) is 37.7 Å². The Labute approximate surface area is 202 Å². The van der Waals surface area contributed by atoms with Crippen LogP contribution in [0.15, 0.2) is 48.8 Å². The summed E-state index contributed by atoms with van der Waals surface area (Å²) >= 11 is 0. The Morgan fingerprint density at radius 1 is 0.971 bits per heavy atom. The van der Waals surface area contributed by atoms with Crippen LogP contribution in [0.5, 0.6) is 11.5 Å². The zero-order chi connectivity index (χ0) is 24.5. The van der Waals surface area contributed by atoms with E-state index in [9.17, 15) is 9.59 Å². The molecule has 3 N–H and O–H groups in total. The highest BCUT2D eigenvalue weighted by Crippen LogP contribution is 2.44. The number of aromatic nitrogens is 2. The van der Waals surface area contributed by atoms with Crippen molar-refractivity contribution < 1.29 is 19.1 Å². The molecule has 0 unspecified atom stereocenters. The number of H-pyrrole nitrogens is 1. The molecule has 8 heteroatoms. The summed E-state index contributed by atoms with van der Waals surface area (Å²) in [5, 5.41) is 7.48. The van der Waals surface area contributed by atoms with Crippen LogP contribution in [-0.2, 0) is 16.1 Å². The second kappa shape index (κ2) is 9.31. The summed E-state index contributed by atoms with van der Waals surface area (Å²) in [5.74, 6) is 0.255. The van der Waals surface area contributed by atoms with Gasteiger partial charge in [-0.1, -0.05) is 25.1 Å². The molecule has 5 rings (SSSR count). The minimum Gasteiger partial charge on any atom is -0.493 e. The Morgan fingerprint density at radius 3 is 2.49 bits per heavy atom. The zero-order valence-electron chi connectivity index (χ0n) is 20.0. The van der Waals surface area contributed by atoms with E-state index in [1.165, 1.54) is 0 Å². The number of fused-ring (bicyclic) bond motifs is 2. The number of carbonyl (C=O) groups is 2. The smallest absolute Gasteiger partial charge is 0.259 e. The summed E-state index contributed by atoms with van der Waals surface area (Å²) in [4.78, 5) is 29.6. The number of para-hydroxylation sites is 1. The van der Waals surface area contributed by atoms with Crippen LogP contribution in [0.2, 0.25) is 0 Å². The first-order chi connectivity index (χ1) is 17.1. The van der Waals surface area contributed by atoms with E-state index in [-0.39, 0.29) is 0 Å². The Bertz CT molecular complexity index is 1480. The van der Waals surface area contributed by atoms with Crippen molar-refractivity contribution in [2.45, 2.75) is 19.9 Å². The Hall–Kier alpha value is -4.04. The SMILES string of the molecule is CCNCCCn1cc(C2=C(c3c[nH]c4ccccc34)C(=O)NC2=O)c2c(OC)c(OC)ccc21. The molecular formula is C27H28N4O4. The molecule has 0 aliphatic carbocycles. The maximum absolute atomic E-state index is 13.2. The van der Waals surface area contributed by atoms with Crippen LogP contribution in [-0.4, -0.2) is 48.7 Å². The molecule has 0 radical (unpaired) electrons. The highest BCUT2D eigenvalue weighted by atomic mass is 16.5. The first-order valence-electron chi connectivity index (χ1n) is 11.7. The monoisotopic (exact) mass is 472 g/mol. The first-order valence-corrected chi connectivity index (χ1v) is 11.7. The van der Waals surface area contributed by atoms with Crippen molar-refractivity contribution in [3.8, 4) is 11.5 Å². The average Bonchev–Trinajstić information content (AvgIpc) is 3.53. The molecule has 8 nitrogen and oxygen atoms in total. The number of carbonyl (C=O) groups excluding carboxylic acids is 2. The number of amides is 2. The quantitative estimate of drug-likeness (QED) is 0.255. The van der Waals surface area contributed by atoms with Crippen LogP contribution in [0.1, 0.15) is 24.5 Å². The fraction of sp³-hybridized carbons (Fsp3) is 0.259. The number of hydrogen-bond donors (Lipinski definition) is 3. The lowest BCUT2D eigenvalue weighted by atomic mass is 9.95. The summed E-state index contributed by atoms with van der Waals surface area (Å²) in [6, 6.07) is 11.6. The molecule has 2 aromatic carbocycles. The summed E-state index contributed by atoms with van der Waals surface area (Å²) in [6.07, 6.45) is 4.64. The maximum atomic E-state index is 13.2. The molecule has 0 saturated heterocycles. The molecule has 4 aromatic rings. The van der Waals surface area contributed by atoms with Gasteiger partial charge in [0, 0.05) is 41.0 Å². The van der Waals surface area contributed by atoms with Crippen LogP contribution >= 0.6 is 0 Å².